The van der Waals surface area contributed by atoms with E-state index in [0.717, 1.165) is 25.4 Å². The largest absolute Gasteiger partial charge is 0.316 e. The first-order valence-corrected chi connectivity index (χ1v) is 7.81. The average Bonchev–Trinajstić information content (AvgIpc) is 2.46. The van der Waals surface area contributed by atoms with Crippen LogP contribution >= 0.6 is 0 Å². The van der Waals surface area contributed by atoms with Gasteiger partial charge in [-0.15, -0.1) is 0 Å². The maximum Gasteiger partial charge on any atom is 0.00191 e. The van der Waals surface area contributed by atoms with E-state index in [1.807, 2.05) is 0 Å². The zero-order valence-electron chi connectivity index (χ0n) is 12.3. The molecule has 1 fully saturated rings. The standard InChI is InChI=1S/C17H28N2/c1-16(15-19-12-6-3-7-13-19)14-18-11-10-17-8-4-2-5-9-17/h2,4-5,8-9,16,18H,3,6-7,10-15H2,1H3. The van der Waals surface area contributed by atoms with E-state index in [1.165, 1.54) is 44.5 Å². The summed E-state index contributed by atoms with van der Waals surface area (Å²) in [6.45, 7) is 8.49. The molecule has 1 N–H and O–H groups in total. The minimum atomic E-state index is 0.758. The van der Waals surface area contributed by atoms with Crippen molar-refractivity contribution in [2.75, 3.05) is 32.7 Å². The number of likely N-dealkylation sites (tertiary alicyclic amines) is 1. The molecule has 0 aromatic heterocycles. The molecular weight excluding hydrogens is 232 g/mol. The van der Waals surface area contributed by atoms with Gasteiger partial charge < -0.3 is 10.2 Å². The van der Waals surface area contributed by atoms with Gasteiger partial charge in [0.25, 0.3) is 0 Å². The van der Waals surface area contributed by atoms with Gasteiger partial charge in [0.15, 0.2) is 0 Å². The van der Waals surface area contributed by atoms with Gasteiger partial charge in [0.1, 0.15) is 0 Å². The summed E-state index contributed by atoms with van der Waals surface area (Å²) in [6.07, 6.45) is 5.36. The van der Waals surface area contributed by atoms with Crippen LogP contribution in [0.15, 0.2) is 30.3 Å². The minimum Gasteiger partial charge on any atom is -0.316 e. The first-order chi connectivity index (χ1) is 9.34. The maximum absolute atomic E-state index is 3.60. The number of benzene rings is 1. The van der Waals surface area contributed by atoms with Crippen LogP contribution in [-0.4, -0.2) is 37.6 Å². The van der Waals surface area contributed by atoms with Crippen molar-refractivity contribution >= 4 is 0 Å². The molecule has 2 rings (SSSR count). The summed E-state index contributed by atoms with van der Waals surface area (Å²) in [4.78, 5) is 2.63. The molecule has 0 radical (unpaired) electrons. The molecular formula is C17H28N2. The Morgan fingerprint density at radius 3 is 2.58 bits per heavy atom. The van der Waals surface area contributed by atoms with E-state index >= 15 is 0 Å². The highest BCUT2D eigenvalue weighted by molar-refractivity contribution is 5.14. The fraction of sp³-hybridized carbons (Fsp3) is 0.647. The Bertz CT molecular complexity index is 330. The molecule has 2 nitrogen and oxygen atoms in total. The molecule has 1 heterocycles. The second-order valence-corrected chi connectivity index (χ2v) is 5.91. The molecule has 1 unspecified atom stereocenters. The van der Waals surface area contributed by atoms with Crippen LogP contribution in [-0.2, 0) is 6.42 Å². The molecule has 1 aliphatic heterocycles. The normalized spacial score (nSPS) is 18.4. The third-order valence-electron chi connectivity index (χ3n) is 3.94. The Labute approximate surface area is 118 Å². The molecule has 1 saturated heterocycles. The van der Waals surface area contributed by atoms with Gasteiger partial charge in [-0.05, 0) is 56.9 Å². The maximum atomic E-state index is 3.60. The first kappa shape index (κ1) is 14.5. The van der Waals surface area contributed by atoms with Crippen LogP contribution in [0, 0.1) is 5.92 Å². The summed E-state index contributed by atoms with van der Waals surface area (Å²) in [5, 5.41) is 3.60. The van der Waals surface area contributed by atoms with E-state index in [9.17, 15) is 0 Å². The number of hydrogen-bond donors (Lipinski definition) is 1. The Hall–Kier alpha value is -0.860. The third-order valence-corrected chi connectivity index (χ3v) is 3.94. The van der Waals surface area contributed by atoms with Crippen molar-refractivity contribution in [1.82, 2.24) is 10.2 Å². The van der Waals surface area contributed by atoms with Gasteiger partial charge in [-0.3, -0.25) is 0 Å². The number of hydrogen-bond acceptors (Lipinski definition) is 2. The van der Waals surface area contributed by atoms with Crippen molar-refractivity contribution in [2.24, 2.45) is 5.92 Å². The van der Waals surface area contributed by atoms with Gasteiger partial charge in [0, 0.05) is 6.54 Å². The summed E-state index contributed by atoms with van der Waals surface area (Å²) in [5.41, 5.74) is 1.43. The van der Waals surface area contributed by atoms with Gasteiger partial charge in [-0.2, -0.15) is 0 Å². The topological polar surface area (TPSA) is 15.3 Å². The smallest absolute Gasteiger partial charge is 0.00191 e. The molecule has 0 spiro atoms. The molecule has 1 aromatic rings. The van der Waals surface area contributed by atoms with E-state index in [4.69, 9.17) is 0 Å². The fourth-order valence-corrected chi connectivity index (χ4v) is 2.87. The Kier molecular flexibility index (Phi) is 6.38. The van der Waals surface area contributed by atoms with E-state index in [1.54, 1.807) is 0 Å². The molecule has 1 atom stereocenters. The van der Waals surface area contributed by atoms with Gasteiger partial charge in [-0.1, -0.05) is 43.7 Å². The van der Waals surface area contributed by atoms with E-state index in [-0.39, 0.29) is 0 Å². The highest BCUT2D eigenvalue weighted by Crippen LogP contribution is 2.10. The molecule has 2 heteroatoms. The van der Waals surface area contributed by atoms with Crippen LogP contribution in [0.5, 0.6) is 0 Å². The monoisotopic (exact) mass is 260 g/mol. The lowest BCUT2D eigenvalue weighted by molar-refractivity contribution is 0.199. The van der Waals surface area contributed by atoms with Crippen LogP contribution in [0.25, 0.3) is 0 Å². The van der Waals surface area contributed by atoms with Gasteiger partial charge in [0.2, 0.25) is 0 Å². The van der Waals surface area contributed by atoms with Crippen LogP contribution in [0.1, 0.15) is 31.7 Å². The summed E-state index contributed by atoms with van der Waals surface area (Å²) < 4.78 is 0. The van der Waals surface area contributed by atoms with Crippen molar-refractivity contribution in [3.8, 4) is 0 Å². The van der Waals surface area contributed by atoms with E-state index in [2.05, 4.69) is 47.5 Å². The van der Waals surface area contributed by atoms with Gasteiger partial charge in [-0.25, -0.2) is 0 Å². The van der Waals surface area contributed by atoms with Crippen molar-refractivity contribution < 1.29 is 0 Å². The number of piperidine rings is 1. The van der Waals surface area contributed by atoms with Crippen LogP contribution in [0.3, 0.4) is 0 Å². The minimum absolute atomic E-state index is 0.758. The fourth-order valence-electron chi connectivity index (χ4n) is 2.87. The third kappa shape index (κ3) is 5.75. The Morgan fingerprint density at radius 2 is 1.84 bits per heavy atom. The van der Waals surface area contributed by atoms with Crippen molar-refractivity contribution in [2.45, 2.75) is 32.6 Å². The summed E-state index contributed by atoms with van der Waals surface area (Å²) in [7, 11) is 0. The molecule has 1 aliphatic rings. The lowest BCUT2D eigenvalue weighted by Gasteiger charge is -2.29. The van der Waals surface area contributed by atoms with Crippen LogP contribution in [0.4, 0.5) is 0 Å². The lowest BCUT2D eigenvalue weighted by atomic mass is 10.1. The molecule has 0 aliphatic carbocycles. The average molecular weight is 260 g/mol. The molecule has 1 aromatic carbocycles. The molecule has 0 bridgehead atoms. The first-order valence-electron chi connectivity index (χ1n) is 7.81. The lowest BCUT2D eigenvalue weighted by Crippen LogP contribution is -2.37. The number of rotatable bonds is 7. The molecule has 0 saturated carbocycles. The van der Waals surface area contributed by atoms with Crippen molar-refractivity contribution in [3.05, 3.63) is 35.9 Å². The predicted octanol–water partition coefficient (Wildman–Crippen LogP) is 2.94. The SMILES string of the molecule is CC(CNCCc1ccccc1)CN1CCCCC1. The van der Waals surface area contributed by atoms with Crippen molar-refractivity contribution in [3.63, 3.8) is 0 Å². The van der Waals surface area contributed by atoms with Gasteiger partial charge >= 0.3 is 0 Å². The second kappa shape index (κ2) is 8.34. The molecule has 106 valence electrons. The quantitative estimate of drug-likeness (QED) is 0.758. The highest BCUT2D eigenvalue weighted by atomic mass is 15.1. The zero-order valence-corrected chi connectivity index (χ0v) is 12.3. The van der Waals surface area contributed by atoms with Crippen molar-refractivity contribution in [1.29, 1.82) is 0 Å². The summed E-state index contributed by atoms with van der Waals surface area (Å²) >= 11 is 0. The number of nitrogens with zero attached hydrogens (tertiary/aromatic N) is 1. The van der Waals surface area contributed by atoms with Crippen LogP contribution in [0.2, 0.25) is 0 Å². The number of nitrogens with one attached hydrogen (secondary N) is 1. The second-order valence-electron chi connectivity index (χ2n) is 5.91. The van der Waals surface area contributed by atoms with E-state index in [0.29, 0.717) is 0 Å². The highest BCUT2D eigenvalue weighted by Gasteiger charge is 2.12. The van der Waals surface area contributed by atoms with Crippen LogP contribution < -0.4 is 5.32 Å². The summed E-state index contributed by atoms with van der Waals surface area (Å²) in [5.74, 6) is 0.758. The predicted molar refractivity (Wildman–Crippen MR) is 82.5 cm³/mol. The summed E-state index contributed by atoms with van der Waals surface area (Å²) in [6, 6.07) is 10.7. The van der Waals surface area contributed by atoms with Gasteiger partial charge in [0.05, 0.1) is 0 Å². The zero-order chi connectivity index (χ0) is 13.3. The Morgan fingerprint density at radius 1 is 1.11 bits per heavy atom. The molecule has 19 heavy (non-hydrogen) atoms. The Balaban J connectivity index is 1.55. The molecule has 0 amide bonds. The van der Waals surface area contributed by atoms with E-state index < -0.39 is 0 Å².